The molecule has 7 nitrogen and oxygen atoms in total. The molecule has 0 bridgehead atoms. The highest BCUT2D eigenvalue weighted by Gasteiger charge is 2.20. The van der Waals surface area contributed by atoms with Gasteiger partial charge in [0.05, 0.1) is 6.54 Å². The van der Waals surface area contributed by atoms with Gasteiger partial charge < -0.3 is 20.4 Å². The van der Waals surface area contributed by atoms with E-state index in [1.165, 1.54) is 30.6 Å². The third kappa shape index (κ3) is 6.53. The molecule has 162 valence electrons. The highest BCUT2D eigenvalue weighted by Crippen LogP contribution is 2.16. The number of benzene rings is 1. The molecular formula is C22H31N5O2S. The van der Waals surface area contributed by atoms with Gasteiger partial charge in [-0.1, -0.05) is 24.6 Å². The monoisotopic (exact) mass is 429 g/mol. The van der Waals surface area contributed by atoms with Crippen LogP contribution in [-0.2, 0) is 6.54 Å². The second kappa shape index (κ2) is 11.1. The Morgan fingerprint density at radius 2 is 1.90 bits per heavy atom. The molecule has 3 rings (SSSR count). The minimum Gasteiger partial charge on any atom is -0.349 e. The van der Waals surface area contributed by atoms with Crippen molar-refractivity contribution >= 4 is 29.0 Å². The Balaban J connectivity index is 1.51. The van der Waals surface area contributed by atoms with Crippen LogP contribution >= 0.6 is 11.3 Å². The summed E-state index contributed by atoms with van der Waals surface area (Å²) in [6.45, 7) is 8.03. The number of likely N-dealkylation sites (tertiary alicyclic amines) is 1. The van der Waals surface area contributed by atoms with Crippen LogP contribution in [0, 0.1) is 0 Å². The molecule has 2 N–H and O–H groups in total. The smallest absolute Gasteiger partial charge is 0.322 e. The quantitative estimate of drug-likeness (QED) is 0.669. The third-order valence-electron chi connectivity index (χ3n) is 5.16. The normalized spacial score (nSPS) is 14.5. The molecule has 1 aliphatic rings. The van der Waals surface area contributed by atoms with Gasteiger partial charge in [0.2, 0.25) is 0 Å². The number of para-hydroxylation sites is 1. The number of thiazole rings is 1. The Morgan fingerprint density at radius 1 is 1.17 bits per heavy atom. The molecule has 0 aliphatic carbocycles. The molecular weight excluding hydrogens is 398 g/mol. The SMILES string of the molecule is CC(C)N(Cc1nc(C(=O)NCCN2CCCCC2)cs1)C(=O)Nc1ccccc1. The zero-order valence-corrected chi connectivity index (χ0v) is 18.6. The van der Waals surface area contributed by atoms with E-state index in [1.54, 1.807) is 10.3 Å². The van der Waals surface area contributed by atoms with E-state index in [9.17, 15) is 9.59 Å². The molecule has 1 saturated heterocycles. The molecule has 0 spiro atoms. The molecule has 1 aliphatic heterocycles. The van der Waals surface area contributed by atoms with Crippen LogP contribution in [0.5, 0.6) is 0 Å². The summed E-state index contributed by atoms with van der Waals surface area (Å²) in [6, 6.07) is 9.19. The van der Waals surface area contributed by atoms with Crippen LogP contribution in [0.3, 0.4) is 0 Å². The molecule has 2 aromatic rings. The van der Waals surface area contributed by atoms with E-state index in [0.717, 1.165) is 30.3 Å². The summed E-state index contributed by atoms with van der Waals surface area (Å²) in [5.74, 6) is -0.153. The van der Waals surface area contributed by atoms with Crippen LogP contribution in [0.2, 0.25) is 0 Å². The second-order valence-electron chi connectivity index (χ2n) is 7.80. The predicted molar refractivity (Wildman–Crippen MR) is 121 cm³/mol. The third-order valence-corrected chi connectivity index (χ3v) is 6.00. The minimum atomic E-state index is -0.182. The average Bonchev–Trinajstić information content (AvgIpc) is 3.22. The van der Waals surface area contributed by atoms with Crippen molar-refractivity contribution in [2.75, 3.05) is 31.5 Å². The summed E-state index contributed by atoms with van der Waals surface area (Å²) >= 11 is 1.40. The highest BCUT2D eigenvalue weighted by molar-refractivity contribution is 7.09. The Bertz CT molecular complexity index is 818. The van der Waals surface area contributed by atoms with Crippen molar-refractivity contribution in [2.45, 2.75) is 45.7 Å². The number of carbonyl (C=O) groups excluding carboxylic acids is 2. The number of carbonyl (C=O) groups is 2. The van der Waals surface area contributed by atoms with E-state index in [0.29, 0.717) is 18.8 Å². The van der Waals surface area contributed by atoms with Crippen molar-refractivity contribution in [1.82, 2.24) is 20.1 Å². The molecule has 0 radical (unpaired) electrons. The minimum absolute atomic E-state index is 0.000526. The topological polar surface area (TPSA) is 77.6 Å². The first kappa shape index (κ1) is 22.2. The standard InChI is InChI=1S/C22H31N5O2S/c1-17(2)27(22(29)24-18-9-5-3-6-10-18)15-20-25-19(16-30-20)21(28)23-11-14-26-12-7-4-8-13-26/h3,5-6,9-10,16-17H,4,7-8,11-15H2,1-2H3,(H,23,28)(H,24,29). The van der Waals surface area contributed by atoms with Crippen LogP contribution in [0.1, 0.15) is 48.6 Å². The van der Waals surface area contributed by atoms with Gasteiger partial charge in [-0.25, -0.2) is 9.78 Å². The first-order valence-electron chi connectivity index (χ1n) is 10.6. The number of nitrogens with zero attached hydrogens (tertiary/aromatic N) is 3. The summed E-state index contributed by atoms with van der Waals surface area (Å²) in [6.07, 6.45) is 3.79. The number of piperidine rings is 1. The van der Waals surface area contributed by atoms with Crippen LogP contribution in [0.4, 0.5) is 10.5 Å². The molecule has 30 heavy (non-hydrogen) atoms. The van der Waals surface area contributed by atoms with Gasteiger partial charge in [0.15, 0.2) is 0 Å². The first-order valence-corrected chi connectivity index (χ1v) is 11.5. The number of nitrogens with one attached hydrogen (secondary N) is 2. The van der Waals surface area contributed by atoms with Crippen LogP contribution in [0.25, 0.3) is 0 Å². The number of anilines is 1. The summed E-state index contributed by atoms with van der Waals surface area (Å²) in [4.78, 5) is 33.7. The maximum Gasteiger partial charge on any atom is 0.322 e. The van der Waals surface area contributed by atoms with Gasteiger partial charge in [-0.15, -0.1) is 11.3 Å². The number of hydrogen-bond acceptors (Lipinski definition) is 5. The molecule has 0 atom stereocenters. The fraction of sp³-hybridized carbons (Fsp3) is 0.500. The van der Waals surface area contributed by atoms with Gasteiger partial charge in [0, 0.05) is 30.2 Å². The van der Waals surface area contributed by atoms with Crippen LogP contribution in [-0.4, -0.2) is 58.9 Å². The Morgan fingerprint density at radius 3 is 2.60 bits per heavy atom. The van der Waals surface area contributed by atoms with Gasteiger partial charge in [0.25, 0.3) is 5.91 Å². The van der Waals surface area contributed by atoms with Gasteiger partial charge in [-0.3, -0.25) is 4.79 Å². The molecule has 1 aromatic carbocycles. The number of hydrogen-bond donors (Lipinski definition) is 2. The molecule has 8 heteroatoms. The number of rotatable bonds is 8. The highest BCUT2D eigenvalue weighted by atomic mass is 32.1. The molecule has 1 fully saturated rings. The van der Waals surface area contributed by atoms with E-state index in [-0.39, 0.29) is 18.0 Å². The zero-order chi connectivity index (χ0) is 21.3. The average molecular weight is 430 g/mol. The lowest BCUT2D eigenvalue weighted by Gasteiger charge is -2.26. The number of amides is 3. The number of urea groups is 1. The van der Waals surface area contributed by atoms with Crippen molar-refractivity contribution in [3.05, 3.63) is 46.4 Å². The Labute approximate surface area is 182 Å². The van der Waals surface area contributed by atoms with Gasteiger partial charge in [0.1, 0.15) is 10.7 Å². The van der Waals surface area contributed by atoms with Gasteiger partial charge >= 0.3 is 6.03 Å². The van der Waals surface area contributed by atoms with Crippen molar-refractivity contribution in [2.24, 2.45) is 0 Å². The molecule has 1 aromatic heterocycles. The largest absolute Gasteiger partial charge is 0.349 e. The van der Waals surface area contributed by atoms with Crippen molar-refractivity contribution in [3.63, 3.8) is 0 Å². The maximum atomic E-state index is 12.7. The lowest BCUT2D eigenvalue weighted by Crippen LogP contribution is -2.39. The molecule has 2 heterocycles. The lowest BCUT2D eigenvalue weighted by molar-refractivity contribution is 0.0942. The lowest BCUT2D eigenvalue weighted by atomic mass is 10.1. The zero-order valence-electron chi connectivity index (χ0n) is 17.8. The van der Waals surface area contributed by atoms with E-state index < -0.39 is 0 Å². The summed E-state index contributed by atoms with van der Waals surface area (Å²) < 4.78 is 0. The first-order chi connectivity index (χ1) is 14.5. The summed E-state index contributed by atoms with van der Waals surface area (Å²) in [5.41, 5.74) is 1.17. The van der Waals surface area contributed by atoms with Gasteiger partial charge in [-0.2, -0.15) is 0 Å². The van der Waals surface area contributed by atoms with Crippen molar-refractivity contribution < 1.29 is 9.59 Å². The van der Waals surface area contributed by atoms with Crippen molar-refractivity contribution in [3.8, 4) is 0 Å². The predicted octanol–water partition coefficient (Wildman–Crippen LogP) is 3.80. The number of aromatic nitrogens is 1. The molecule has 0 unspecified atom stereocenters. The summed E-state index contributed by atoms with van der Waals surface area (Å²) in [5, 5.41) is 8.38. The fourth-order valence-corrected chi connectivity index (χ4v) is 4.21. The Hall–Kier alpha value is -2.45. The van der Waals surface area contributed by atoms with Gasteiger partial charge in [-0.05, 0) is 51.9 Å². The van der Waals surface area contributed by atoms with E-state index >= 15 is 0 Å². The molecule has 3 amide bonds. The van der Waals surface area contributed by atoms with E-state index in [1.807, 2.05) is 44.2 Å². The van der Waals surface area contributed by atoms with Crippen LogP contribution < -0.4 is 10.6 Å². The van der Waals surface area contributed by atoms with E-state index in [4.69, 9.17) is 0 Å². The maximum absolute atomic E-state index is 12.7. The van der Waals surface area contributed by atoms with E-state index in [2.05, 4.69) is 20.5 Å². The second-order valence-corrected chi connectivity index (χ2v) is 8.75. The summed E-state index contributed by atoms with van der Waals surface area (Å²) in [7, 11) is 0. The van der Waals surface area contributed by atoms with Crippen LogP contribution in [0.15, 0.2) is 35.7 Å². The fourth-order valence-electron chi connectivity index (χ4n) is 3.44. The van der Waals surface area contributed by atoms with Crippen molar-refractivity contribution in [1.29, 1.82) is 0 Å². The Kier molecular flexibility index (Phi) is 8.21. The molecule has 0 saturated carbocycles.